The molecule has 29 heavy (non-hydrogen) atoms. The summed E-state index contributed by atoms with van der Waals surface area (Å²) in [6.45, 7) is 5.33. The Morgan fingerprint density at radius 1 is 1.03 bits per heavy atom. The number of piperidine rings is 1. The van der Waals surface area contributed by atoms with E-state index in [2.05, 4.69) is 5.32 Å². The summed E-state index contributed by atoms with van der Waals surface area (Å²) in [6, 6.07) is 5.34. The Bertz CT molecular complexity index is 712. The van der Waals surface area contributed by atoms with E-state index < -0.39 is 0 Å². The van der Waals surface area contributed by atoms with Gasteiger partial charge in [0.05, 0.1) is 6.54 Å². The second-order valence-electron chi connectivity index (χ2n) is 8.16. The van der Waals surface area contributed by atoms with Crippen molar-refractivity contribution in [3.05, 3.63) is 33.8 Å². The van der Waals surface area contributed by atoms with Gasteiger partial charge < -0.3 is 15.1 Å². The number of carbonyl (C=O) groups excluding carboxylic acids is 2. The maximum Gasteiger partial charge on any atom is 0.236 e. The summed E-state index contributed by atoms with van der Waals surface area (Å²) in [4.78, 5) is 29.3. The Labute approximate surface area is 183 Å². The van der Waals surface area contributed by atoms with E-state index >= 15 is 0 Å². The fourth-order valence-electron chi connectivity index (χ4n) is 4.24. The zero-order valence-electron chi connectivity index (χ0n) is 17.1. The van der Waals surface area contributed by atoms with Crippen LogP contribution in [-0.4, -0.2) is 54.3 Å². The van der Waals surface area contributed by atoms with Crippen molar-refractivity contribution in [2.45, 2.75) is 51.5 Å². The molecule has 1 atom stereocenters. The number of halogens is 2. The van der Waals surface area contributed by atoms with Gasteiger partial charge in [-0.3, -0.25) is 9.59 Å². The van der Waals surface area contributed by atoms with Gasteiger partial charge in [0.2, 0.25) is 11.8 Å². The molecular weight excluding hydrogens is 409 g/mol. The molecule has 0 saturated carbocycles. The minimum Gasteiger partial charge on any atom is -0.342 e. The SMILES string of the molecule is CC(NCC(=O)N1CCC(C(=O)N2CCCCCC2)CC1)c1ccc(Cl)cc1Cl. The predicted octanol–water partition coefficient (Wildman–Crippen LogP) is 4.29. The molecule has 2 aliphatic rings. The molecule has 1 N–H and O–H groups in total. The number of nitrogens with zero attached hydrogens (tertiary/aromatic N) is 2. The van der Waals surface area contributed by atoms with Crippen molar-refractivity contribution in [2.75, 3.05) is 32.7 Å². The van der Waals surface area contributed by atoms with Crippen LogP contribution in [0.15, 0.2) is 18.2 Å². The van der Waals surface area contributed by atoms with Crippen LogP contribution in [0.3, 0.4) is 0 Å². The summed E-state index contributed by atoms with van der Waals surface area (Å²) >= 11 is 12.2. The summed E-state index contributed by atoms with van der Waals surface area (Å²) in [5, 5.41) is 4.45. The van der Waals surface area contributed by atoms with Gasteiger partial charge in [0.1, 0.15) is 0 Å². The largest absolute Gasteiger partial charge is 0.342 e. The third kappa shape index (κ3) is 6.09. The molecule has 5 nitrogen and oxygen atoms in total. The van der Waals surface area contributed by atoms with Crippen molar-refractivity contribution < 1.29 is 9.59 Å². The fourth-order valence-corrected chi connectivity index (χ4v) is 4.81. The van der Waals surface area contributed by atoms with Gasteiger partial charge >= 0.3 is 0 Å². The van der Waals surface area contributed by atoms with Crippen molar-refractivity contribution in [3.63, 3.8) is 0 Å². The average molecular weight is 440 g/mol. The van der Waals surface area contributed by atoms with Crippen LogP contribution in [0.1, 0.15) is 57.1 Å². The average Bonchev–Trinajstić information content (AvgIpc) is 3.01. The molecule has 7 heteroatoms. The van der Waals surface area contributed by atoms with Crippen molar-refractivity contribution in [3.8, 4) is 0 Å². The number of nitrogens with one attached hydrogen (secondary N) is 1. The van der Waals surface area contributed by atoms with Crippen molar-refractivity contribution >= 4 is 35.0 Å². The van der Waals surface area contributed by atoms with Crippen LogP contribution in [0.5, 0.6) is 0 Å². The van der Waals surface area contributed by atoms with E-state index in [1.807, 2.05) is 22.8 Å². The molecule has 1 unspecified atom stereocenters. The van der Waals surface area contributed by atoms with Gasteiger partial charge in [-0.1, -0.05) is 42.1 Å². The summed E-state index contributed by atoms with van der Waals surface area (Å²) < 4.78 is 0. The fraction of sp³-hybridized carbons (Fsp3) is 0.636. The Kier molecular flexibility index (Phi) is 8.22. The Morgan fingerprint density at radius 3 is 2.31 bits per heavy atom. The topological polar surface area (TPSA) is 52.7 Å². The minimum atomic E-state index is -0.0501. The molecule has 2 saturated heterocycles. The first-order valence-electron chi connectivity index (χ1n) is 10.7. The zero-order valence-corrected chi connectivity index (χ0v) is 18.6. The number of hydrogen-bond donors (Lipinski definition) is 1. The lowest BCUT2D eigenvalue weighted by Crippen LogP contribution is -2.47. The van der Waals surface area contributed by atoms with Crippen LogP contribution in [0, 0.1) is 5.92 Å². The zero-order chi connectivity index (χ0) is 20.8. The monoisotopic (exact) mass is 439 g/mol. The van der Waals surface area contributed by atoms with E-state index in [0.29, 0.717) is 29.0 Å². The Morgan fingerprint density at radius 2 is 1.69 bits per heavy atom. The second-order valence-corrected chi connectivity index (χ2v) is 9.01. The van der Waals surface area contributed by atoms with E-state index in [1.54, 1.807) is 12.1 Å². The van der Waals surface area contributed by atoms with Crippen LogP contribution in [0.4, 0.5) is 0 Å². The van der Waals surface area contributed by atoms with Crippen LogP contribution in [0.25, 0.3) is 0 Å². The maximum absolute atomic E-state index is 12.8. The highest BCUT2D eigenvalue weighted by molar-refractivity contribution is 6.35. The first-order valence-corrected chi connectivity index (χ1v) is 11.5. The van der Waals surface area contributed by atoms with Crippen molar-refractivity contribution in [1.29, 1.82) is 0 Å². The lowest BCUT2D eigenvalue weighted by molar-refractivity contribution is -0.140. The van der Waals surface area contributed by atoms with Crippen LogP contribution in [0.2, 0.25) is 10.0 Å². The molecule has 2 aliphatic heterocycles. The third-order valence-electron chi connectivity index (χ3n) is 6.10. The number of rotatable bonds is 5. The third-order valence-corrected chi connectivity index (χ3v) is 6.67. The van der Waals surface area contributed by atoms with E-state index in [0.717, 1.165) is 44.3 Å². The van der Waals surface area contributed by atoms with Crippen LogP contribution in [-0.2, 0) is 9.59 Å². The number of carbonyl (C=O) groups is 2. The molecule has 2 fully saturated rings. The lowest BCUT2D eigenvalue weighted by atomic mass is 9.95. The van der Waals surface area contributed by atoms with Crippen molar-refractivity contribution in [1.82, 2.24) is 15.1 Å². The van der Waals surface area contributed by atoms with Gasteiger partial charge in [0, 0.05) is 48.2 Å². The molecule has 2 heterocycles. The number of hydrogen-bond acceptors (Lipinski definition) is 3. The summed E-state index contributed by atoms with van der Waals surface area (Å²) in [6.07, 6.45) is 6.21. The normalized spacial score (nSPS) is 19.7. The molecular formula is C22H31Cl2N3O2. The lowest BCUT2D eigenvalue weighted by Gasteiger charge is -2.34. The van der Waals surface area contributed by atoms with Gasteiger partial charge in [0.25, 0.3) is 0 Å². The molecule has 0 bridgehead atoms. The van der Waals surface area contributed by atoms with E-state index in [-0.39, 0.29) is 24.4 Å². The molecule has 0 radical (unpaired) electrons. The van der Waals surface area contributed by atoms with Crippen LogP contribution >= 0.6 is 23.2 Å². The van der Waals surface area contributed by atoms with Gasteiger partial charge in [-0.05, 0) is 50.3 Å². The molecule has 0 spiro atoms. The molecule has 2 amide bonds. The second kappa shape index (κ2) is 10.6. The summed E-state index contributed by atoms with van der Waals surface area (Å²) in [7, 11) is 0. The summed E-state index contributed by atoms with van der Waals surface area (Å²) in [5.74, 6) is 0.433. The standard InChI is InChI=1S/C22H31Cl2N3O2/c1-16(19-7-6-18(23)14-20(19)24)25-15-21(28)26-12-8-17(9-13-26)22(29)27-10-4-2-3-5-11-27/h6-7,14,16-17,25H,2-5,8-13,15H2,1H3. The molecule has 3 rings (SSSR count). The predicted molar refractivity (Wildman–Crippen MR) is 117 cm³/mol. The van der Waals surface area contributed by atoms with Gasteiger partial charge in [0.15, 0.2) is 0 Å². The maximum atomic E-state index is 12.8. The smallest absolute Gasteiger partial charge is 0.236 e. The van der Waals surface area contributed by atoms with Gasteiger partial charge in [-0.2, -0.15) is 0 Å². The Hall–Kier alpha value is -1.30. The van der Waals surface area contributed by atoms with Gasteiger partial charge in [-0.15, -0.1) is 0 Å². The molecule has 1 aromatic carbocycles. The highest BCUT2D eigenvalue weighted by Gasteiger charge is 2.30. The Balaban J connectivity index is 1.44. The highest BCUT2D eigenvalue weighted by atomic mass is 35.5. The molecule has 1 aromatic rings. The van der Waals surface area contributed by atoms with E-state index in [1.165, 1.54) is 12.8 Å². The molecule has 160 valence electrons. The van der Waals surface area contributed by atoms with Gasteiger partial charge in [-0.25, -0.2) is 0 Å². The molecule has 0 aliphatic carbocycles. The molecule has 0 aromatic heterocycles. The number of benzene rings is 1. The van der Waals surface area contributed by atoms with Crippen LogP contribution < -0.4 is 5.32 Å². The number of likely N-dealkylation sites (tertiary alicyclic amines) is 2. The van der Waals surface area contributed by atoms with E-state index in [4.69, 9.17) is 23.2 Å². The summed E-state index contributed by atoms with van der Waals surface area (Å²) in [5.41, 5.74) is 0.922. The minimum absolute atomic E-state index is 0.0501. The van der Waals surface area contributed by atoms with E-state index in [9.17, 15) is 9.59 Å². The highest BCUT2D eigenvalue weighted by Crippen LogP contribution is 2.26. The number of amides is 2. The first kappa shape index (κ1) is 22.4. The van der Waals surface area contributed by atoms with Crippen molar-refractivity contribution in [2.24, 2.45) is 5.92 Å². The quantitative estimate of drug-likeness (QED) is 0.744. The first-order chi connectivity index (χ1) is 14.0.